The van der Waals surface area contributed by atoms with Gasteiger partial charge >= 0.3 is 0 Å². The number of hydrogen-bond donors (Lipinski definition) is 1. The summed E-state index contributed by atoms with van der Waals surface area (Å²) in [6, 6.07) is 2.72. The van der Waals surface area contributed by atoms with Gasteiger partial charge in [0.25, 0.3) is 0 Å². The minimum Gasteiger partial charge on any atom is -0.320 e. The number of nitrogens with zero attached hydrogens (tertiary/aromatic N) is 2. The molecule has 1 heterocycles. The first kappa shape index (κ1) is 11.7. The molecular formula is C12H13F2N3. The molecular weight excluding hydrogens is 224 g/mol. The van der Waals surface area contributed by atoms with Gasteiger partial charge in [-0.2, -0.15) is 5.10 Å². The predicted octanol–water partition coefficient (Wildman–Crippen LogP) is 2.23. The molecule has 0 aliphatic heterocycles. The lowest BCUT2D eigenvalue weighted by molar-refractivity contribution is 0.577. The summed E-state index contributed by atoms with van der Waals surface area (Å²) in [7, 11) is 0. The zero-order valence-electron chi connectivity index (χ0n) is 9.40. The third-order valence-corrected chi connectivity index (χ3v) is 2.58. The lowest BCUT2D eigenvalue weighted by atomic mass is 10.0. The van der Waals surface area contributed by atoms with E-state index in [9.17, 15) is 8.78 Å². The number of aryl methyl sites for hydroxylation is 1. The lowest BCUT2D eigenvalue weighted by Crippen LogP contribution is -2.11. The maximum atomic E-state index is 13.1. The van der Waals surface area contributed by atoms with E-state index in [1.54, 1.807) is 17.1 Å². The van der Waals surface area contributed by atoms with Crippen molar-refractivity contribution in [1.82, 2.24) is 9.78 Å². The summed E-state index contributed by atoms with van der Waals surface area (Å²) < 4.78 is 27.8. The minimum absolute atomic E-state index is 0.401. The van der Waals surface area contributed by atoms with E-state index in [2.05, 4.69) is 5.10 Å². The Morgan fingerprint density at radius 2 is 1.88 bits per heavy atom. The molecule has 2 N–H and O–H groups in total. The maximum absolute atomic E-state index is 13.1. The Morgan fingerprint density at radius 3 is 2.41 bits per heavy atom. The van der Waals surface area contributed by atoms with Crippen LogP contribution in [0.2, 0.25) is 0 Å². The molecule has 0 aliphatic rings. The van der Waals surface area contributed by atoms with E-state index in [4.69, 9.17) is 5.73 Å². The summed E-state index contributed by atoms with van der Waals surface area (Å²) in [6.07, 6.45) is 3.38. The van der Waals surface area contributed by atoms with Gasteiger partial charge in [0.2, 0.25) is 0 Å². The Kier molecular flexibility index (Phi) is 3.19. The van der Waals surface area contributed by atoms with Crippen LogP contribution in [0.4, 0.5) is 8.78 Å². The standard InChI is InChI=1S/C12H13F2N3/c1-2-17-7-9(6-16-17)12(15)8-3-10(13)5-11(14)4-8/h3-7,12H,2,15H2,1H3. The van der Waals surface area contributed by atoms with Crippen molar-refractivity contribution in [2.75, 3.05) is 0 Å². The molecule has 0 saturated carbocycles. The van der Waals surface area contributed by atoms with E-state index in [0.29, 0.717) is 5.56 Å². The molecule has 1 atom stereocenters. The molecule has 17 heavy (non-hydrogen) atoms. The fourth-order valence-electron chi connectivity index (χ4n) is 1.66. The largest absolute Gasteiger partial charge is 0.320 e. The van der Waals surface area contributed by atoms with E-state index >= 15 is 0 Å². The molecule has 1 unspecified atom stereocenters. The first-order valence-electron chi connectivity index (χ1n) is 5.34. The van der Waals surface area contributed by atoms with Crippen molar-refractivity contribution < 1.29 is 8.78 Å². The number of nitrogens with two attached hydrogens (primary N) is 1. The number of benzene rings is 1. The molecule has 2 aromatic rings. The molecule has 1 aromatic carbocycles. The summed E-state index contributed by atoms with van der Waals surface area (Å²) in [5, 5.41) is 4.08. The average Bonchev–Trinajstić information content (AvgIpc) is 2.75. The van der Waals surface area contributed by atoms with E-state index in [0.717, 1.165) is 18.2 Å². The Balaban J connectivity index is 2.32. The van der Waals surface area contributed by atoms with Crippen LogP contribution >= 0.6 is 0 Å². The SMILES string of the molecule is CCn1cc(C(N)c2cc(F)cc(F)c2)cn1. The van der Waals surface area contributed by atoms with E-state index in [1.165, 1.54) is 12.1 Å². The summed E-state index contributed by atoms with van der Waals surface area (Å²) >= 11 is 0. The van der Waals surface area contributed by atoms with Crippen LogP contribution in [0.25, 0.3) is 0 Å². The summed E-state index contributed by atoms with van der Waals surface area (Å²) in [5.74, 6) is -1.25. The Bertz CT molecular complexity index is 502. The molecule has 1 aromatic heterocycles. The van der Waals surface area contributed by atoms with E-state index in [-0.39, 0.29) is 0 Å². The number of aromatic nitrogens is 2. The number of hydrogen-bond acceptors (Lipinski definition) is 2. The van der Waals surface area contributed by atoms with Gasteiger partial charge in [-0.3, -0.25) is 4.68 Å². The van der Waals surface area contributed by atoms with Crippen LogP contribution < -0.4 is 5.73 Å². The number of rotatable bonds is 3. The fraction of sp³-hybridized carbons (Fsp3) is 0.250. The monoisotopic (exact) mass is 237 g/mol. The quantitative estimate of drug-likeness (QED) is 0.889. The summed E-state index contributed by atoms with van der Waals surface area (Å²) in [5.41, 5.74) is 7.07. The van der Waals surface area contributed by atoms with Gasteiger partial charge in [-0.25, -0.2) is 8.78 Å². The third-order valence-electron chi connectivity index (χ3n) is 2.58. The van der Waals surface area contributed by atoms with Crippen molar-refractivity contribution in [2.45, 2.75) is 19.5 Å². The predicted molar refractivity (Wildman–Crippen MR) is 60.3 cm³/mol. The van der Waals surface area contributed by atoms with Crippen LogP contribution in [0, 0.1) is 11.6 Å². The molecule has 5 heteroatoms. The molecule has 3 nitrogen and oxygen atoms in total. The van der Waals surface area contributed by atoms with Crippen molar-refractivity contribution >= 4 is 0 Å². The molecule has 0 aliphatic carbocycles. The normalized spacial score (nSPS) is 12.7. The van der Waals surface area contributed by atoms with Gasteiger partial charge < -0.3 is 5.73 Å². The minimum atomic E-state index is -0.627. The number of halogens is 2. The molecule has 0 fully saturated rings. The van der Waals surface area contributed by atoms with Gasteiger partial charge in [0.1, 0.15) is 11.6 Å². The zero-order valence-corrected chi connectivity index (χ0v) is 9.40. The highest BCUT2D eigenvalue weighted by Gasteiger charge is 2.13. The zero-order chi connectivity index (χ0) is 12.4. The Hall–Kier alpha value is -1.75. The van der Waals surface area contributed by atoms with Crippen LogP contribution in [0.3, 0.4) is 0 Å². The molecule has 0 spiro atoms. The van der Waals surface area contributed by atoms with Crippen molar-refractivity contribution in [1.29, 1.82) is 0 Å². The van der Waals surface area contributed by atoms with Crippen molar-refractivity contribution in [3.8, 4) is 0 Å². The second-order valence-electron chi connectivity index (χ2n) is 3.81. The van der Waals surface area contributed by atoms with Crippen molar-refractivity contribution in [3.05, 3.63) is 53.4 Å². The van der Waals surface area contributed by atoms with E-state index < -0.39 is 17.7 Å². The Labute approximate surface area is 97.9 Å². The summed E-state index contributed by atoms with van der Waals surface area (Å²) in [6.45, 7) is 2.67. The second kappa shape index (κ2) is 4.63. The van der Waals surface area contributed by atoms with Crippen LogP contribution in [0.1, 0.15) is 24.1 Å². The van der Waals surface area contributed by atoms with Gasteiger partial charge in [-0.05, 0) is 24.6 Å². The molecule has 0 amide bonds. The fourth-order valence-corrected chi connectivity index (χ4v) is 1.66. The molecule has 90 valence electrons. The van der Waals surface area contributed by atoms with Crippen molar-refractivity contribution in [2.24, 2.45) is 5.73 Å². The van der Waals surface area contributed by atoms with Gasteiger partial charge in [0.05, 0.1) is 12.2 Å². The summed E-state index contributed by atoms with van der Waals surface area (Å²) in [4.78, 5) is 0. The third kappa shape index (κ3) is 2.50. The second-order valence-corrected chi connectivity index (χ2v) is 3.81. The van der Waals surface area contributed by atoms with Crippen LogP contribution in [-0.2, 0) is 6.54 Å². The van der Waals surface area contributed by atoms with Crippen molar-refractivity contribution in [3.63, 3.8) is 0 Å². The van der Waals surface area contributed by atoms with Gasteiger partial charge in [0.15, 0.2) is 0 Å². The molecule has 0 radical (unpaired) electrons. The molecule has 0 bridgehead atoms. The maximum Gasteiger partial charge on any atom is 0.126 e. The highest BCUT2D eigenvalue weighted by Crippen LogP contribution is 2.20. The van der Waals surface area contributed by atoms with Gasteiger partial charge in [-0.15, -0.1) is 0 Å². The van der Waals surface area contributed by atoms with Crippen LogP contribution in [0.5, 0.6) is 0 Å². The highest BCUT2D eigenvalue weighted by atomic mass is 19.1. The first-order valence-corrected chi connectivity index (χ1v) is 5.34. The topological polar surface area (TPSA) is 43.8 Å². The van der Waals surface area contributed by atoms with Crippen LogP contribution in [0.15, 0.2) is 30.6 Å². The average molecular weight is 237 g/mol. The smallest absolute Gasteiger partial charge is 0.126 e. The van der Waals surface area contributed by atoms with Gasteiger partial charge in [0, 0.05) is 24.4 Å². The van der Waals surface area contributed by atoms with Crippen LogP contribution in [-0.4, -0.2) is 9.78 Å². The lowest BCUT2D eigenvalue weighted by Gasteiger charge is -2.10. The highest BCUT2D eigenvalue weighted by molar-refractivity contribution is 5.29. The Morgan fingerprint density at radius 1 is 1.24 bits per heavy atom. The van der Waals surface area contributed by atoms with Gasteiger partial charge in [-0.1, -0.05) is 0 Å². The molecule has 2 rings (SSSR count). The van der Waals surface area contributed by atoms with E-state index in [1.807, 2.05) is 6.92 Å². The molecule has 0 saturated heterocycles. The first-order chi connectivity index (χ1) is 8.10.